The summed E-state index contributed by atoms with van der Waals surface area (Å²) >= 11 is 0. The Morgan fingerprint density at radius 3 is 2.68 bits per heavy atom. The molecular weight excluding hydrogens is 286 g/mol. The second kappa shape index (κ2) is 6.23. The van der Waals surface area contributed by atoms with E-state index in [1.807, 2.05) is 0 Å². The topological polar surface area (TPSA) is 95.1 Å². The van der Waals surface area contributed by atoms with Crippen LogP contribution in [0.1, 0.15) is 12.8 Å². The molecule has 0 aliphatic carbocycles. The highest BCUT2D eigenvalue weighted by Gasteiger charge is 2.27. The molecule has 1 aromatic rings. The van der Waals surface area contributed by atoms with E-state index in [1.54, 1.807) is 18.2 Å². The van der Waals surface area contributed by atoms with Gasteiger partial charge in [-0.05, 0) is 12.1 Å². The number of nitrogens with one attached hydrogen (secondary N) is 2. The highest BCUT2D eigenvalue weighted by molar-refractivity contribution is 5.91. The molecule has 7 heteroatoms. The number of carbonyl (C=O) groups excluding carboxylic acids is 2. The Hall–Kier alpha value is -2.28. The number of likely N-dealkylation sites (tertiary alicyclic amines) is 1. The average molecular weight is 306 g/mol. The van der Waals surface area contributed by atoms with E-state index in [4.69, 9.17) is 15.2 Å². The number of benzene rings is 1. The highest BCUT2D eigenvalue weighted by atomic mass is 16.7. The Morgan fingerprint density at radius 1 is 1.23 bits per heavy atom. The second-order valence-corrected chi connectivity index (χ2v) is 5.72. The summed E-state index contributed by atoms with van der Waals surface area (Å²) in [5, 5.41) is 2.87. The van der Waals surface area contributed by atoms with Gasteiger partial charge in [-0.2, -0.15) is 0 Å². The zero-order valence-corrected chi connectivity index (χ0v) is 12.3. The predicted molar refractivity (Wildman–Crippen MR) is 78.7 cm³/mol. The molecule has 3 rings (SSSR count). The molecule has 0 unspecified atom stereocenters. The smallest absolute Gasteiger partial charge is 0.279 e. The molecule has 0 atom stereocenters. The quantitative estimate of drug-likeness (QED) is 0.674. The summed E-state index contributed by atoms with van der Waals surface area (Å²) in [7, 11) is 0. The Bertz CT molecular complexity index is 582. The normalized spacial score (nSPS) is 23.1. The number of ether oxygens (including phenoxy) is 2. The lowest BCUT2D eigenvalue weighted by atomic mass is 9.96. The van der Waals surface area contributed by atoms with Crippen molar-refractivity contribution < 1.29 is 24.0 Å². The lowest BCUT2D eigenvalue weighted by molar-refractivity contribution is -0.897. The van der Waals surface area contributed by atoms with Crippen LogP contribution in [0.5, 0.6) is 11.5 Å². The molecule has 0 saturated carbocycles. The Kier molecular flexibility index (Phi) is 4.15. The number of amides is 2. The average Bonchev–Trinajstić information content (AvgIpc) is 2.95. The van der Waals surface area contributed by atoms with Gasteiger partial charge in [0.05, 0.1) is 13.1 Å². The zero-order valence-electron chi connectivity index (χ0n) is 12.3. The fraction of sp³-hybridized carbons (Fsp3) is 0.467. The van der Waals surface area contributed by atoms with Crippen LogP contribution in [0.15, 0.2) is 18.2 Å². The van der Waals surface area contributed by atoms with E-state index < -0.39 is 0 Å². The minimum absolute atomic E-state index is 0.0410. The number of rotatable bonds is 4. The lowest BCUT2D eigenvalue weighted by Gasteiger charge is -2.27. The van der Waals surface area contributed by atoms with Gasteiger partial charge >= 0.3 is 0 Å². The summed E-state index contributed by atoms with van der Waals surface area (Å²) in [5.41, 5.74) is 6.01. The third-order valence-corrected chi connectivity index (χ3v) is 4.16. The van der Waals surface area contributed by atoms with Crippen molar-refractivity contribution in [3.63, 3.8) is 0 Å². The van der Waals surface area contributed by atoms with Gasteiger partial charge in [-0.25, -0.2) is 0 Å². The van der Waals surface area contributed by atoms with E-state index in [-0.39, 0.29) is 24.5 Å². The second-order valence-electron chi connectivity index (χ2n) is 5.72. The van der Waals surface area contributed by atoms with Gasteiger partial charge in [0.15, 0.2) is 18.0 Å². The number of quaternary nitrogens is 1. The maximum Gasteiger partial charge on any atom is 0.279 e. The van der Waals surface area contributed by atoms with Gasteiger partial charge in [0.25, 0.3) is 5.91 Å². The fourth-order valence-electron chi connectivity index (χ4n) is 2.89. The van der Waals surface area contributed by atoms with E-state index in [0.29, 0.717) is 23.7 Å². The van der Waals surface area contributed by atoms with E-state index in [1.165, 1.54) is 4.90 Å². The standard InChI is InChI=1S/C15H19N3O4/c16-15(20)10-3-5-18(6-4-10)8-14(19)17-11-1-2-12-13(7-11)22-9-21-12/h1-2,7,10H,3-6,8-9H2,(H2,16,20)(H,17,19)/p+1. The van der Waals surface area contributed by atoms with E-state index in [2.05, 4.69) is 5.32 Å². The summed E-state index contributed by atoms with van der Waals surface area (Å²) in [6, 6.07) is 5.33. The molecule has 1 saturated heterocycles. The molecule has 1 aromatic carbocycles. The molecule has 118 valence electrons. The van der Waals surface area contributed by atoms with E-state index >= 15 is 0 Å². The molecule has 4 N–H and O–H groups in total. The predicted octanol–water partition coefficient (Wildman–Crippen LogP) is -0.866. The van der Waals surface area contributed by atoms with Crippen LogP contribution in [0.3, 0.4) is 0 Å². The fourth-order valence-corrected chi connectivity index (χ4v) is 2.89. The van der Waals surface area contributed by atoms with Crippen molar-refractivity contribution in [1.82, 2.24) is 0 Å². The number of hydrogen-bond donors (Lipinski definition) is 3. The van der Waals surface area contributed by atoms with Gasteiger partial charge in [-0.1, -0.05) is 0 Å². The molecule has 2 heterocycles. The van der Waals surface area contributed by atoms with Crippen molar-refractivity contribution in [2.75, 3.05) is 31.7 Å². The van der Waals surface area contributed by atoms with Crippen molar-refractivity contribution in [3.05, 3.63) is 18.2 Å². The molecule has 22 heavy (non-hydrogen) atoms. The van der Waals surface area contributed by atoms with E-state index in [0.717, 1.165) is 25.9 Å². The summed E-state index contributed by atoms with van der Waals surface area (Å²) in [6.07, 6.45) is 1.50. The minimum atomic E-state index is -0.233. The van der Waals surface area contributed by atoms with Crippen LogP contribution in [0.4, 0.5) is 5.69 Å². The van der Waals surface area contributed by atoms with Crippen molar-refractivity contribution in [2.24, 2.45) is 11.7 Å². The summed E-state index contributed by atoms with van der Waals surface area (Å²) in [5.74, 6) is 1.01. The van der Waals surface area contributed by atoms with Crippen molar-refractivity contribution >= 4 is 17.5 Å². The molecule has 2 aliphatic heterocycles. The zero-order chi connectivity index (χ0) is 15.5. The number of hydrogen-bond acceptors (Lipinski definition) is 4. The SMILES string of the molecule is NC(=O)C1CC[NH+](CC(=O)Nc2ccc3c(c2)OCO3)CC1. The van der Waals surface area contributed by atoms with Gasteiger partial charge < -0.3 is 25.4 Å². The number of nitrogens with two attached hydrogens (primary N) is 1. The maximum absolute atomic E-state index is 12.1. The lowest BCUT2D eigenvalue weighted by Crippen LogP contribution is -3.14. The summed E-state index contributed by atoms with van der Waals surface area (Å²) < 4.78 is 10.5. The van der Waals surface area contributed by atoms with Crippen LogP contribution < -0.4 is 25.4 Å². The van der Waals surface area contributed by atoms with Gasteiger partial charge in [-0.3, -0.25) is 9.59 Å². The number of anilines is 1. The monoisotopic (exact) mass is 306 g/mol. The van der Waals surface area contributed by atoms with Crippen molar-refractivity contribution in [1.29, 1.82) is 0 Å². The molecular formula is C15H20N3O4+. The van der Waals surface area contributed by atoms with Gasteiger partial charge in [0.1, 0.15) is 0 Å². The first-order valence-corrected chi connectivity index (χ1v) is 7.44. The third-order valence-electron chi connectivity index (χ3n) is 4.16. The molecule has 2 aliphatic rings. The van der Waals surface area contributed by atoms with Crippen LogP contribution in [0, 0.1) is 5.92 Å². The number of primary amides is 1. The molecule has 0 bridgehead atoms. The number of fused-ring (bicyclic) bond motifs is 1. The van der Waals surface area contributed by atoms with Crippen molar-refractivity contribution in [2.45, 2.75) is 12.8 Å². The van der Waals surface area contributed by atoms with Crippen LogP contribution in [0.2, 0.25) is 0 Å². The van der Waals surface area contributed by atoms with Crippen LogP contribution in [-0.2, 0) is 9.59 Å². The molecule has 0 aromatic heterocycles. The largest absolute Gasteiger partial charge is 0.454 e. The first-order chi connectivity index (χ1) is 10.6. The van der Waals surface area contributed by atoms with Gasteiger partial charge in [0, 0.05) is 30.5 Å². The van der Waals surface area contributed by atoms with Crippen LogP contribution in [-0.4, -0.2) is 38.2 Å². The van der Waals surface area contributed by atoms with Gasteiger partial charge in [0.2, 0.25) is 12.7 Å². The third kappa shape index (κ3) is 3.30. The Labute approximate surface area is 128 Å². The minimum Gasteiger partial charge on any atom is -0.454 e. The van der Waals surface area contributed by atoms with Gasteiger partial charge in [-0.15, -0.1) is 0 Å². The summed E-state index contributed by atoms with van der Waals surface area (Å²) in [6.45, 7) is 2.19. The molecule has 1 fully saturated rings. The van der Waals surface area contributed by atoms with Crippen LogP contribution >= 0.6 is 0 Å². The number of piperidine rings is 1. The molecule has 0 spiro atoms. The Morgan fingerprint density at radius 2 is 1.95 bits per heavy atom. The maximum atomic E-state index is 12.1. The van der Waals surface area contributed by atoms with Crippen LogP contribution in [0.25, 0.3) is 0 Å². The summed E-state index contributed by atoms with van der Waals surface area (Å²) in [4.78, 5) is 24.4. The molecule has 2 amide bonds. The first-order valence-electron chi connectivity index (χ1n) is 7.44. The Balaban J connectivity index is 1.50. The first kappa shape index (κ1) is 14.6. The van der Waals surface area contributed by atoms with E-state index in [9.17, 15) is 9.59 Å². The van der Waals surface area contributed by atoms with Crippen molar-refractivity contribution in [3.8, 4) is 11.5 Å². The highest BCUT2D eigenvalue weighted by Crippen LogP contribution is 2.34. The number of carbonyl (C=O) groups is 2. The molecule has 7 nitrogen and oxygen atoms in total. The molecule has 0 radical (unpaired) electrons.